The van der Waals surface area contributed by atoms with Crippen molar-refractivity contribution in [1.82, 2.24) is 19.9 Å². The highest BCUT2D eigenvalue weighted by atomic mass is 79.9. The fourth-order valence-corrected chi connectivity index (χ4v) is 6.57. The molecule has 0 amide bonds. The third-order valence-electron chi connectivity index (χ3n) is 8.12. The van der Waals surface area contributed by atoms with Gasteiger partial charge in [-0.05, 0) is 54.4 Å². The topological polar surface area (TPSA) is 273 Å². The van der Waals surface area contributed by atoms with E-state index in [0.29, 0.717) is 26.5 Å². The number of aryl methyl sites for hydroxylation is 1. The molecule has 2 aromatic carbocycles. The molecule has 0 atom stereocenters. The molecule has 57 heavy (non-hydrogen) atoms. The summed E-state index contributed by atoms with van der Waals surface area (Å²) in [5, 5.41) is 20.6. The van der Waals surface area contributed by atoms with Crippen LogP contribution in [0.15, 0.2) is 28.7 Å². The number of halogens is 1. The normalized spacial score (nSPS) is 10.4. The number of aromatic amines is 2. The molecule has 298 valence electrons. The van der Waals surface area contributed by atoms with E-state index in [0.717, 1.165) is 29.1 Å². The number of methoxy groups -OCH3 is 3. The van der Waals surface area contributed by atoms with E-state index < -0.39 is 23.9 Å². The second kappa shape index (κ2) is 18.5. The first-order valence-electron chi connectivity index (χ1n) is 16.5. The van der Waals surface area contributed by atoms with Gasteiger partial charge in [0.1, 0.15) is 16.9 Å². The number of benzene rings is 2. The second-order valence-electron chi connectivity index (χ2n) is 11.2. The maximum atomic E-state index is 12.7. The van der Waals surface area contributed by atoms with Crippen LogP contribution in [0.3, 0.4) is 0 Å². The van der Waals surface area contributed by atoms with Crippen LogP contribution in [0.2, 0.25) is 0 Å². The number of aromatic nitrogens is 4. The third-order valence-corrected chi connectivity index (χ3v) is 8.91. The first-order chi connectivity index (χ1) is 27.3. The zero-order valence-corrected chi connectivity index (χ0v) is 32.6. The van der Waals surface area contributed by atoms with Crippen LogP contribution < -0.4 is 18.9 Å². The van der Waals surface area contributed by atoms with E-state index in [4.69, 9.17) is 38.0 Å². The van der Waals surface area contributed by atoms with Crippen molar-refractivity contribution in [3.63, 3.8) is 0 Å². The number of pyridine rings is 2. The lowest BCUT2D eigenvalue weighted by Crippen LogP contribution is -2.12. The van der Waals surface area contributed by atoms with Crippen LogP contribution in [0, 0.1) is 0 Å². The summed E-state index contributed by atoms with van der Waals surface area (Å²) in [7, 11) is 4.20. The Morgan fingerprint density at radius 3 is 1.91 bits per heavy atom. The Labute approximate surface area is 329 Å². The molecule has 4 N–H and O–H groups in total. The number of esters is 2. The van der Waals surface area contributed by atoms with Gasteiger partial charge in [-0.25, -0.2) is 29.1 Å². The molecule has 4 heterocycles. The Hall–Kier alpha value is -7.05. The number of nitrogens with one attached hydrogen (secondary N) is 2. The molecular formula is C37H33BrN4O15. The number of carboxylic acid groups (broad SMARTS) is 2. The summed E-state index contributed by atoms with van der Waals surface area (Å²) in [5.41, 5.74) is 1.91. The lowest BCUT2D eigenvalue weighted by Gasteiger charge is -2.14. The van der Waals surface area contributed by atoms with E-state index in [1.165, 1.54) is 33.5 Å². The summed E-state index contributed by atoms with van der Waals surface area (Å²) in [6, 6.07) is 5.78. The molecule has 0 radical (unpaired) electrons. The highest BCUT2D eigenvalue weighted by Gasteiger charge is 2.27. The summed E-state index contributed by atoms with van der Waals surface area (Å²) in [6.07, 6.45) is 1.04. The Balaban J connectivity index is 0.000000237. The monoisotopic (exact) mass is 852 g/mol. The van der Waals surface area contributed by atoms with Gasteiger partial charge < -0.3 is 48.6 Å². The smallest absolute Gasteiger partial charge is 0.373 e. The van der Waals surface area contributed by atoms with Crippen LogP contribution in [-0.4, -0.2) is 101 Å². The molecule has 0 aliphatic carbocycles. The van der Waals surface area contributed by atoms with Crippen LogP contribution in [0.25, 0.3) is 43.6 Å². The first kappa shape index (κ1) is 42.7. The zero-order valence-electron chi connectivity index (χ0n) is 31.0. The van der Waals surface area contributed by atoms with Gasteiger partial charge in [0.25, 0.3) is 6.47 Å². The maximum absolute atomic E-state index is 12.7. The molecule has 0 unspecified atom stereocenters. The van der Waals surface area contributed by atoms with E-state index >= 15 is 0 Å². The number of fused-ring (bicyclic) bond motifs is 6. The van der Waals surface area contributed by atoms with Crippen molar-refractivity contribution < 1.29 is 72.2 Å². The number of ether oxygens (including phenoxy) is 6. The average molecular weight is 854 g/mol. The molecule has 0 fully saturated rings. The molecule has 19 nitrogen and oxygen atoms in total. The summed E-state index contributed by atoms with van der Waals surface area (Å²) >= 11 is 3.57. The van der Waals surface area contributed by atoms with Crippen molar-refractivity contribution in [2.75, 3.05) is 34.5 Å². The zero-order chi connectivity index (χ0) is 42.1. The van der Waals surface area contributed by atoms with Gasteiger partial charge in [0.2, 0.25) is 5.88 Å². The van der Waals surface area contributed by atoms with Crippen LogP contribution in [0.4, 0.5) is 0 Å². The van der Waals surface area contributed by atoms with Crippen LogP contribution in [0.5, 0.6) is 23.1 Å². The van der Waals surface area contributed by atoms with Crippen molar-refractivity contribution in [3.05, 3.63) is 56.9 Å². The fourth-order valence-electron chi connectivity index (χ4n) is 5.91. The van der Waals surface area contributed by atoms with Gasteiger partial charge in [0.05, 0.1) is 72.1 Å². The number of H-pyrrole nitrogens is 2. The molecule has 6 rings (SSSR count). The molecule has 0 spiro atoms. The molecule has 0 saturated heterocycles. The Morgan fingerprint density at radius 1 is 0.754 bits per heavy atom. The minimum absolute atomic E-state index is 0.0178. The number of carboxylic acids is 2. The number of carbonyl (C=O) groups excluding carboxylic acids is 5. The van der Waals surface area contributed by atoms with Crippen LogP contribution >= 0.6 is 15.9 Å². The van der Waals surface area contributed by atoms with Crippen LogP contribution in [0.1, 0.15) is 68.2 Å². The number of hydrogen-bond acceptors (Lipinski definition) is 15. The molecule has 0 aliphatic heterocycles. The number of hydrogen-bond donors (Lipinski definition) is 4. The van der Waals surface area contributed by atoms with Crippen molar-refractivity contribution >= 4 is 96.0 Å². The number of rotatable bonds is 12. The molecule has 20 heteroatoms. The highest BCUT2D eigenvalue weighted by molar-refractivity contribution is 9.10. The van der Waals surface area contributed by atoms with Gasteiger partial charge in [0.15, 0.2) is 17.2 Å². The van der Waals surface area contributed by atoms with Gasteiger partial charge in [0, 0.05) is 27.9 Å². The predicted octanol–water partition coefficient (Wildman–Crippen LogP) is 5.48. The largest absolute Gasteiger partial charge is 0.493 e. The summed E-state index contributed by atoms with van der Waals surface area (Å²) in [4.78, 5) is 89.5. The average Bonchev–Trinajstić information content (AvgIpc) is 3.82. The summed E-state index contributed by atoms with van der Waals surface area (Å²) in [5.74, 6) is -3.24. The Bertz CT molecular complexity index is 2590. The third kappa shape index (κ3) is 8.31. The standard InChI is InChI=1S/C20H21BrN2O5.C16H12N2O8.CO2/c1-5-10-8-12-15(21)18(26-4)17-14(16(12)22-10)11(19(24)27-6-2)9-13(23-17)20(25)28-7-3;1-24-13-7-4-9(26-5-19)18-11(7)10-6(15(20)21)3-8(16(22)23)17-12(10)14(13)25-2;2-1-3/h8-9,22H,5-7H2,1-4H3;3-5,17H,1-2H3,(H,20,21)(H,22,23);. The number of carbonyl (C=O) groups is 5. The predicted molar refractivity (Wildman–Crippen MR) is 201 cm³/mol. The van der Waals surface area contributed by atoms with E-state index in [1.807, 2.05) is 13.0 Å². The number of nitrogens with zero attached hydrogens (tertiary/aromatic N) is 2. The molecule has 0 saturated carbocycles. The maximum Gasteiger partial charge on any atom is 0.373 e. The fraction of sp³-hybridized carbons (Fsp3) is 0.243. The lowest BCUT2D eigenvalue weighted by molar-refractivity contribution is -0.191. The first-order valence-corrected chi connectivity index (χ1v) is 17.3. The minimum atomic E-state index is -1.36. The SMILES string of the molecule is CCOC(=O)c1cc(C(=O)OCC)c2c(n1)c(OC)c(Br)c1cc(CC)[nH]c12.COc1c(OC)c2[nH]c(C(=O)O)cc(C(=O)O)c2c2nc(OC=O)cc12.O=C=O. The van der Waals surface area contributed by atoms with E-state index in [1.54, 1.807) is 13.8 Å². The van der Waals surface area contributed by atoms with Crippen LogP contribution in [-0.2, 0) is 30.3 Å². The molecule has 0 bridgehead atoms. The Kier molecular flexibility index (Phi) is 13.9. The van der Waals surface area contributed by atoms with Gasteiger partial charge >= 0.3 is 30.0 Å². The van der Waals surface area contributed by atoms with Crippen molar-refractivity contribution in [2.24, 2.45) is 0 Å². The Morgan fingerprint density at radius 2 is 1.37 bits per heavy atom. The van der Waals surface area contributed by atoms with Crippen molar-refractivity contribution in [2.45, 2.75) is 27.2 Å². The molecule has 6 aromatic rings. The van der Waals surface area contributed by atoms with Gasteiger partial charge in [-0.3, -0.25) is 4.79 Å². The van der Waals surface area contributed by atoms with Crippen molar-refractivity contribution in [1.29, 1.82) is 0 Å². The highest BCUT2D eigenvalue weighted by Crippen LogP contribution is 2.45. The van der Waals surface area contributed by atoms with Gasteiger partial charge in [-0.2, -0.15) is 9.59 Å². The minimum Gasteiger partial charge on any atom is -0.493 e. The van der Waals surface area contributed by atoms with Gasteiger partial charge in [-0.1, -0.05) is 6.92 Å². The lowest BCUT2D eigenvalue weighted by atomic mass is 10.0. The second-order valence-corrected chi connectivity index (χ2v) is 12.0. The molecular weight excluding hydrogens is 820 g/mol. The summed E-state index contributed by atoms with van der Waals surface area (Å²) in [6.45, 7) is 6.05. The van der Waals surface area contributed by atoms with Crippen molar-refractivity contribution in [3.8, 4) is 23.1 Å². The molecule has 0 aliphatic rings. The van der Waals surface area contributed by atoms with E-state index in [-0.39, 0.29) is 82.2 Å². The van der Waals surface area contributed by atoms with E-state index in [9.17, 15) is 34.2 Å². The van der Waals surface area contributed by atoms with E-state index in [2.05, 4.69) is 35.9 Å². The quantitative estimate of drug-likeness (QED) is 0.0876. The number of aromatic carboxylic acids is 2. The summed E-state index contributed by atoms with van der Waals surface area (Å²) < 4.78 is 31.9. The molecule has 4 aromatic heterocycles. The van der Waals surface area contributed by atoms with Gasteiger partial charge in [-0.15, -0.1) is 0 Å².